The summed E-state index contributed by atoms with van der Waals surface area (Å²) in [6.45, 7) is 4.41. The topological polar surface area (TPSA) is 38.9 Å². The number of aromatic nitrogens is 1. The number of thiazole rings is 1. The van der Waals surface area contributed by atoms with Crippen molar-refractivity contribution in [1.29, 1.82) is 0 Å². The van der Waals surface area contributed by atoms with E-state index >= 15 is 0 Å². The quantitative estimate of drug-likeness (QED) is 0.815. The summed E-state index contributed by atoms with van der Waals surface area (Å²) in [5, 5.41) is 1.15. The molecule has 3 heteroatoms. The van der Waals surface area contributed by atoms with Crippen LogP contribution >= 0.6 is 11.3 Å². The average Bonchev–Trinajstić information content (AvgIpc) is 2.71. The minimum absolute atomic E-state index is 0.0994. The third kappa shape index (κ3) is 1.71. The van der Waals surface area contributed by atoms with Crippen LogP contribution in [0.15, 0.2) is 6.20 Å². The van der Waals surface area contributed by atoms with Crippen molar-refractivity contribution in [2.75, 3.05) is 0 Å². The summed E-state index contributed by atoms with van der Waals surface area (Å²) >= 11 is 1.80. The van der Waals surface area contributed by atoms with Crippen LogP contribution in [0.25, 0.3) is 0 Å². The molecule has 1 heterocycles. The monoisotopic (exact) mass is 210 g/mol. The Hall–Kier alpha value is -0.410. The van der Waals surface area contributed by atoms with E-state index in [0.717, 1.165) is 17.8 Å². The molecule has 0 amide bonds. The average molecular weight is 210 g/mol. The normalized spacial score (nSPS) is 20.6. The van der Waals surface area contributed by atoms with Crippen LogP contribution in [0, 0.1) is 0 Å². The van der Waals surface area contributed by atoms with Crippen LogP contribution in [0.1, 0.15) is 55.3 Å². The number of nitrogens with two attached hydrogens (primary N) is 1. The fraction of sp³-hybridized carbons (Fsp3) is 0.727. The molecule has 1 aromatic rings. The lowest BCUT2D eigenvalue weighted by molar-refractivity contribution is 0.459. The van der Waals surface area contributed by atoms with E-state index in [9.17, 15) is 0 Å². The number of nitrogens with zero attached hydrogens (tertiary/aromatic N) is 1. The molecule has 1 aromatic heterocycles. The maximum absolute atomic E-state index is 6.34. The van der Waals surface area contributed by atoms with Crippen molar-refractivity contribution in [3.8, 4) is 0 Å². The van der Waals surface area contributed by atoms with Crippen LogP contribution in [-0.4, -0.2) is 4.98 Å². The van der Waals surface area contributed by atoms with Gasteiger partial charge in [-0.05, 0) is 18.8 Å². The number of rotatable bonds is 2. The molecule has 0 aromatic carbocycles. The third-order valence-electron chi connectivity index (χ3n) is 3.01. The summed E-state index contributed by atoms with van der Waals surface area (Å²) < 4.78 is 0. The molecule has 0 spiro atoms. The second-order valence-corrected chi connectivity index (χ2v) is 5.65. The molecule has 0 bridgehead atoms. The summed E-state index contributed by atoms with van der Waals surface area (Å²) in [6, 6.07) is 0. The molecule has 1 aliphatic rings. The van der Waals surface area contributed by atoms with Crippen molar-refractivity contribution < 1.29 is 0 Å². The first-order chi connectivity index (χ1) is 6.62. The van der Waals surface area contributed by atoms with Gasteiger partial charge in [-0.15, -0.1) is 11.3 Å². The minimum atomic E-state index is -0.0994. The molecule has 0 atom stereocenters. The summed E-state index contributed by atoms with van der Waals surface area (Å²) in [5.41, 5.74) is 6.24. The molecule has 2 nitrogen and oxygen atoms in total. The van der Waals surface area contributed by atoms with Crippen molar-refractivity contribution >= 4 is 11.3 Å². The van der Waals surface area contributed by atoms with Crippen LogP contribution in [0.2, 0.25) is 0 Å². The molecule has 78 valence electrons. The molecule has 1 fully saturated rings. The van der Waals surface area contributed by atoms with Crippen molar-refractivity contribution in [3.63, 3.8) is 0 Å². The third-order valence-corrected chi connectivity index (χ3v) is 4.53. The Bertz CT molecular complexity index is 311. The molecule has 0 radical (unpaired) electrons. The smallest absolute Gasteiger partial charge is 0.113 e. The van der Waals surface area contributed by atoms with Gasteiger partial charge in [0.05, 0.1) is 5.54 Å². The van der Waals surface area contributed by atoms with Crippen molar-refractivity contribution in [2.45, 2.75) is 51.0 Å². The Morgan fingerprint density at radius 3 is 2.57 bits per heavy atom. The highest BCUT2D eigenvalue weighted by Gasteiger charge is 2.34. The second-order valence-electron chi connectivity index (χ2n) is 4.59. The largest absolute Gasteiger partial charge is 0.319 e. The molecule has 14 heavy (non-hydrogen) atoms. The van der Waals surface area contributed by atoms with Crippen molar-refractivity contribution in [2.24, 2.45) is 5.73 Å². The zero-order valence-corrected chi connectivity index (χ0v) is 9.73. The first-order valence-electron chi connectivity index (χ1n) is 5.37. The van der Waals surface area contributed by atoms with Gasteiger partial charge in [-0.3, -0.25) is 0 Å². The van der Waals surface area contributed by atoms with Gasteiger partial charge in [-0.2, -0.15) is 0 Å². The summed E-state index contributed by atoms with van der Waals surface area (Å²) in [7, 11) is 0. The summed E-state index contributed by atoms with van der Waals surface area (Å²) in [5.74, 6) is 0.575. The number of hydrogen-bond acceptors (Lipinski definition) is 3. The predicted octanol–water partition coefficient (Wildman–Crippen LogP) is 2.99. The Balaban J connectivity index is 2.23. The van der Waals surface area contributed by atoms with Crippen LogP contribution in [0.5, 0.6) is 0 Å². The molecule has 2 N–H and O–H groups in total. The van der Waals surface area contributed by atoms with E-state index in [-0.39, 0.29) is 5.54 Å². The highest BCUT2D eigenvalue weighted by molar-refractivity contribution is 7.11. The first-order valence-corrected chi connectivity index (χ1v) is 6.18. The van der Waals surface area contributed by atoms with Gasteiger partial charge in [0, 0.05) is 11.1 Å². The second kappa shape index (κ2) is 3.63. The first kappa shape index (κ1) is 10.1. The standard InChI is InChI=1S/C11H18N2S/c1-8(2)9-7-13-10(14-9)11(12)5-3-4-6-11/h7-8H,3-6,12H2,1-2H3. The zero-order valence-electron chi connectivity index (χ0n) is 8.92. The van der Waals surface area contributed by atoms with E-state index in [1.807, 2.05) is 6.20 Å². The van der Waals surface area contributed by atoms with Crippen molar-refractivity contribution in [1.82, 2.24) is 4.98 Å². The van der Waals surface area contributed by atoms with Gasteiger partial charge in [0.15, 0.2) is 0 Å². The van der Waals surface area contributed by atoms with Gasteiger partial charge in [-0.1, -0.05) is 26.7 Å². The van der Waals surface area contributed by atoms with Gasteiger partial charge in [-0.25, -0.2) is 4.98 Å². The lowest BCUT2D eigenvalue weighted by Crippen LogP contribution is -2.32. The molecule has 0 unspecified atom stereocenters. The maximum Gasteiger partial charge on any atom is 0.113 e. The molecular weight excluding hydrogens is 192 g/mol. The molecule has 0 saturated heterocycles. The van der Waals surface area contributed by atoms with Gasteiger partial charge >= 0.3 is 0 Å². The minimum Gasteiger partial charge on any atom is -0.319 e. The maximum atomic E-state index is 6.34. The molecule has 0 aliphatic heterocycles. The van der Waals surface area contributed by atoms with Crippen LogP contribution in [0.3, 0.4) is 0 Å². The molecule has 2 rings (SSSR count). The van der Waals surface area contributed by atoms with Gasteiger partial charge < -0.3 is 5.73 Å². The number of hydrogen-bond donors (Lipinski definition) is 1. The lowest BCUT2D eigenvalue weighted by Gasteiger charge is -2.19. The van der Waals surface area contributed by atoms with Crippen LogP contribution < -0.4 is 5.73 Å². The SMILES string of the molecule is CC(C)c1cnc(C2(N)CCCC2)s1. The fourth-order valence-electron chi connectivity index (χ4n) is 2.00. The van der Waals surface area contributed by atoms with E-state index in [1.165, 1.54) is 17.7 Å². The Kier molecular flexibility index (Phi) is 2.62. The van der Waals surface area contributed by atoms with Crippen molar-refractivity contribution in [3.05, 3.63) is 16.1 Å². The highest BCUT2D eigenvalue weighted by Crippen LogP contribution is 2.39. The van der Waals surface area contributed by atoms with Crippen LogP contribution in [-0.2, 0) is 5.54 Å². The Morgan fingerprint density at radius 2 is 2.07 bits per heavy atom. The zero-order chi connectivity index (χ0) is 10.2. The summed E-state index contributed by atoms with van der Waals surface area (Å²) in [6.07, 6.45) is 6.73. The Morgan fingerprint density at radius 1 is 1.43 bits per heavy atom. The highest BCUT2D eigenvalue weighted by atomic mass is 32.1. The van der Waals surface area contributed by atoms with Gasteiger partial charge in [0.2, 0.25) is 0 Å². The summed E-state index contributed by atoms with van der Waals surface area (Å²) in [4.78, 5) is 5.84. The van der Waals surface area contributed by atoms with E-state index in [0.29, 0.717) is 5.92 Å². The van der Waals surface area contributed by atoms with E-state index in [1.54, 1.807) is 11.3 Å². The van der Waals surface area contributed by atoms with Crippen LogP contribution in [0.4, 0.5) is 0 Å². The van der Waals surface area contributed by atoms with E-state index in [2.05, 4.69) is 18.8 Å². The van der Waals surface area contributed by atoms with Gasteiger partial charge in [0.1, 0.15) is 5.01 Å². The lowest BCUT2D eigenvalue weighted by atomic mass is 10.0. The Labute approximate surface area is 89.5 Å². The molecular formula is C11H18N2S. The van der Waals surface area contributed by atoms with E-state index in [4.69, 9.17) is 5.73 Å². The van der Waals surface area contributed by atoms with E-state index < -0.39 is 0 Å². The fourth-order valence-corrected chi connectivity index (χ4v) is 3.08. The predicted molar refractivity (Wildman–Crippen MR) is 60.5 cm³/mol. The molecule has 1 aliphatic carbocycles. The van der Waals surface area contributed by atoms with Gasteiger partial charge in [0.25, 0.3) is 0 Å². The molecule has 1 saturated carbocycles.